The summed E-state index contributed by atoms with van der Waals surface area (Å²) in [5.74, 6) is 0. The molecule has 13 N–H and O–H groups in total. The third-order valence-corrected chi connectivity index (χ3v) is 30.0. The van der Waals surface area contributed by atoms with Crippen LogP contribution in [0.1, 0.15) is 289 Å². The number of hydrogen-bond acceptors (Lipinski definition) is 13. The molecule has 544 valence electrons. The highest BCUT2D eigenvalue weighted by molar-refractivity contribution is 5.11. The molecule has 0 amide bonds. The molecule has 9 saturated carbocycles. The van der Waals surface area contributed by atoms with E-state index in [-0.39, 0.29) is 0 Å². The van der Waals surface area contributed by atoms with Gasteiger partial charge in [-0.15, -0.1) is 0 Å². The van der Waals surface area contributed by atoms with Crippen molar-refractivity contribution in [2.45, 2.75) is 300 Å². The Morgan fingerprint density at radius 2 is 0.526 bits per heavy atom. The van der Waals surface area contributed by atoms with Gasteiger partial charge in [-0.25, -0.2) is 0 Å². The van der Waals surface area contributed by atoms with Crippen molar-refractivity contribution in [2.24, 2.45) is 48.7 Å². The Bertz CT molecular complexity index is 2000. The molecule has 13 heteroatoms. The molecule has 0 bridgehead atoms. The summed E-state index contributed by atoms with van der Waals surface area (Å²) in [6, 6.07) is 0. The Hall–Kier alpha value is -1.20. The molecule has 0 radical (unpaired) electrons. The average Bonchev–Trinajstić information content (AvgIpc) is 1.81. The van der Waals surface area contributed by atoms with Crippen LogP contribution in [0.2, 0.25) is 0 Å². The fourth-order valence-corrected chi connectivity index (χ4v) is 21.5. The van der Waals surface area contributed by atoms with Crippen LogP contribution in [0.25, 0.3) is 0 Å². The van der Waals surface area contributed by atoms with E-state index in [4.69, 9.17) is 0 Å². The third kappa shape index (κ3) is 20.6. The minimum atomic E-state index is 0.608. The molecule has 0 aromatic rings. The van der Waals surface area contributed by atoms with Crippen molar-refractivity contribution < 1.29 is 0 Å². The summed E-state index contributed by atoms with van der Waals surface area (Å²) >= 11 is 0. The third-order valence-electron chi connectivity index (χ3n) is 30.0. The molecule has 20 fully saturated rings. The van der Waals surface area contributed by atoms with Gasteiger partial charge in [0.1, 0.15) is 0 Å². The standard InChI is InChI=1S/C10H19N.C9H18N2.C8H15N.C8H13N.C7H14N2.2C7H13N.C7H11N.C7H13N.2C6H11N/c1-2-6-10(7-3-1)8-4-5-9-11-10;1-2-4-9(3-1)5-6-10-8-11-7-9;2*1-2-4-8(3-1)5-6-9-7-8;1-2-7(4-8-3-1)5-9-6-7;1-3-7(4-1)5-2-6-8-7;2*1-2-7(3-1)4-5-8-6-7;1-2-4-7(3-1)5-8-6-7;2*1-2-6(3-1)4-7-5-6/h11H,1-9H2;10-11H,1-8H2;9H,1-7H2;1-2,9H,3-7H2;8-9H,1-6H2;2*8H,1-6H2;4-5,8H,1-3,6H2;8H,1-6H2;2*7H,1-5H2. The lowest BCUT2D eigenvalue weighted by Gasteiger charge is -2.49. The van der Waals surface area contributed by atoms with Crippen LogP contribution in [0.4, 0.5) is 0 Å². The van der Waals surface area contributed by atoms with Crippen molar-refractivity contribution in [3.8, 4) is 0 Å². The molecule has 13 nitrogen and oxygen atoms in total. The second-order valence-electron chi connectivity index (χ2n) is 37.2. The Balaban J connectivity index is 0.000000100. The van der Waals surface area contributed by atoms with Gasteiger partial charge >= 0.3 is 0 Å². The van der Waals surface area contributed by atoms with Crippen molar-refractivity contribution in [3.05, 3.63) is 24.4 Å². The van der Waals surface area contributed by atoms with Crippen molar-refractivity contribution in [3.63, 3.8) is 0 Å². The van der Waals surface area contributed by atoms with Crippen LogP contribution in [0, 0.1) is 48.7 Å². The quantitative estimate of drug-likeness (QED) is 0.104. The van der Waals surface area contributed by atoms with Crippen LogP contribution in [-0.2, 0) is 0 Å². The smallest absolute Gasteiger partial charge is 0.0454 e. The molecule has 0 aromatic heterocycles. The normalized spacial score (nSPS) is 31.9. The van der Waals surface area contributed by atoms with Gasteiger partial charge in [0, 0.05) is 120 Å². The fourth-order valence-electron chi connectivity index (χ4n) is 21.5. The maximum Gasteiger partial charge on any atom is 0.0454 e. The predicted molar refractivity (Wildman–Crippen MR) is 401 cm³/mol. The van der Waals surface area contributed by atoms with E-state index in [1.165, 1.54) is 426 Å². The van der Waals surface area contributed by atoms with Crippen LogP contribution < -0.4 is 69.1 Å². The van der Waals surface area contributed by atoms with Crippen molar-refractivity contribution in [1.82, 2.24) is 69.1 Å². The number of nitrogens with one attached hydrogen (secondary N) is 13. The Kier molecular flexibility index (Phi) is 27.3. The van der Waals surface area contributed by atoms with Gasteiger partial charge in [-0.05, 0) is 289 Å². The van der Waals surface area contributed by atoms with E-state index in [1.807, 2.05) is 0 Å². The van der Waals surface area contributed by atoms with Crippen molar-refractivity contribution in [2.75, 3.05) is 144 Å². The molecule has 12 heterocycles. The van der Waals surface area contributed by atoms with E-state index < -0.39 is 0 Å². The monoisotopic (exact) mass is 1320 g/mol. The highest BCUT2D eigenvalue weighted by Gasteiger charge is 2.45. The summed E-state index contributed by atoms with van der Waals surface area (Å²) in [4.78, 5) is 0. The molecule has 22 aliphatic rings. The summed E-state index contributed by atoms with van der Waals surface area (Å²) in [7, 11) is 0. The maximum absolute atomic E-state index is 3.73. The zero-order valence-corrected chi connectivity index (χ0v) is 61.7. The first kappa shape index (κ1) is 73.5. The molecule has 0 atom stereocenters. The zero-order chi connectivity index (χ0) is 64.9. The summed E-state index contributed by atoms with van der Waals surface area (Å²) < 4.78 is 0. The molecule has 10 aliphatic carbocycles. The molecule has 11 saturated heterocycles. The van der Waals surface area contributed by atoms with E-state index >= 15 is 0 Å². The number of allylic oxidation sites excluding steroid dienone is 2. The molecule has 12 aliphatic heterocycles. The van der Waals surface area contributed by atoms with E-state index in [0.717, 1.165) is 33.7 Å². The van der Waals surface area contributed by atoms with E-state index in [1.54, 1.807) is 0 Å². The molecule has 95 heavy (non-hydrogen) atoms. The first-order chi connectivity index (χ1) is 46.6. The second kappa shape index (κ2) is 35.3. The largest absolute Gasteiger partial charge is 0.390 e. The lowest BCUT2D eigenvalue weighted by molar-refractivity contribution is 0.0603. The molecule has 11 spiro atoms. The van der Waals surface area contributed by atoms with Gasteiger partial charge in [-0.1, -0.05) is 108 Å². The summed E-state index contributed by atoms with van der Waals surface area (Å²) in [6.45, 7) is 27.8. The van der Waals surface area contributed by atoms with E-state index in [0.29, 0.717) is 32.7 Å². The number of piperidine rings is 2. The Morgan fingerprint density at radius 3 is 0.821 bits per heavy atom. The van der Waals surface area contributed by atoms with Gasteiger partial charge in [0.25, 0.3) is 0 Å². The number of rotatable bonds is 0. The molecular weight excluding hydrogens is 1170 g/mol. The maximum atomic E-state index is 3.73. The second-order valence-corrected chi connectivity index (χ2v) is 37.2. The van der Waals surface area contributed by atoms with Gasteiger partial charge in [-0.2, -0.15) is 0 Å². The van der Waals surface area contributed by atoms with Crippen molar-refractivity contribution in [1.29, 1.82) is 0 Å². The highest BCUT2D eigenvalue weighted by atomic mass is 15.1. The first-order valence-electron chi connectivity index (χ1n) is 42.2. The Labute approximate surface area is 583 Å². The summed E-state index contributed by atoms with van der Waals surface area (Å²) in [6.07, 6.45) is 74.6. The first-order valence-corrected chi connectivity index (χ1v) is 42.2. The summed E-state index contributed by atoms with van der Waals surface area (Å²) in [5, 5.41) is 44.4. The van der Waals surface area contributed by atoms with Crippen molar-refractivity contribution >= 4 is 0 Å². The lowest BCUT2D eigenvalue weighted by atomic mass is 9.65. The minimum Gasteiger partial charge on any atom is -0.390 e. The summed E-state index contributed by atoms with van der Waals surface area (Å²) in [5.41, 5.74) is 7.98. The number of hydrogen-bond donors (Lipinski definition) is 13. The zero-order valence-electron chi connectivity index (χ0n) is 61.7. The highest BCUT2D eigenvalue weighted by Crippen LogP contribution is 2.48. The average molecular weight is 1320 g/mol. The predicted octanol–water partition coefficient (Wildman–Crippen LogP) is 12.8. The lowest BCUT2D eigenvalue weighted by Crippen LogP contribution is -2.60. The molecular formula is C82H151N13. The minimum absolute atomic E-state index is 0.608. The molecule has 22 rings (SSSR count). The van der Waals surface area contributed by atoms with Crippen LogP contribution in [0.3, 0.4) is 0 Å². The van der Waals surface area contributed by atoms with Crippen LogP contribution >= 0.6 is 0 Å². The Morgan fingerprint density at radius 1 is 0.200 bits per heavy atom. The fraction of sp³-hybridized carbons (Fsp3) is 0.951. The van der Waals surface area contributed by atoms with Crippen LogP contribution in [-0.4, -0.2) is 155 Å². The van der Waals surface area contributed by atoms with Gasteiger partial charge in [0.15, 0.2) is 0 Å². The molecule has 0 unspecified atom stereocenters. The van der Waals surface area contributed by atoms with Gasteiger partial charge in [-0.3, -0.25) is 0 Å². The van der Waals surface area contributed by atoms with Crippen LogP contribution in [0.5, 0.6) is 0 Å². The SMILES string of the molecule is C1=CC2(CCC2)CN1.C1=CCC2(C1)CCNC2.C1CC2(C1)CCNC2.C1CC2(C1)CNC2.C1CC2(C1)CNC2.C1CCC2(C1)CCNC2.C1CCC2(C1)CCNCNC2.C1CCC2(C1)CNC2.C1CCC2(CC1)CCCCN2.C1CNC2(C1)CCC2.C1CNCC2(C1)CNC2. The van der Waals surface area contributed by atoms with E-state index in [9.17, 15) is 0 Å². The van der Waals surface area contributed by atoms with Gasteiger partial charge in [0.2, 0.25) is 0 Å². The van der Waals surface area contributed by atoms with Gasteiger partial charge < -0.3 is 69.1 Å². The topological polar surface area (TPSA) is 156 Å². The van der Waals surface area contributed by atoms with E-state index in [2.05, 4.69) is 93.5 Å². The van der Waals surface area contributed by atoms with Crippen LogP contribution in [0.15, 0.2) is 24.4 Å². The van der Waals surface area contributed by atoms with Gasteiger partial charge in [0.05, 0.1) is 0 Å². The molecule has 0 aromatic carbocycles.